The zero-order valence-electron chi connectivity index (χ0n) is 12.0. The van der Waals surface area contributed by atoms with Gasteiger partial charge in [0, 0.05) is 6.08 Å². The minimum Gasteiger partial charge on any atom is -0.394 e. The van der Waals surface area contributed by atoms with Crippen LogP contribution in [-0.2, 0) is 9.47 Å². The quantitative estimate of drug-likeness (QED) is 0.294. The molecule has 9 heteroatoms. The first-order valence-corrected chi connectivity index (χ1v) is 7.00. The molecule has 2 aliphatic rings. The van der Waals surface area contributed by atoms with Gasteiger partial charge in [0.05, 0.1) is 12.7 Å². The summed E-state index contributed by atoms with van der Waals surface area (Å²) in [5.41, 5.74) is 0.238. The number of allylic oxidation sites excluding steroid dienone is 1. The van der Waals surface area contributed by atoms with Crippen molar-refractivity contribution in [3.05, 3.63) is 23.8 Å². The molecule has 1 aliphatic carbocycles. The van der Waals surface area contributed by atoms with Crippen LogP contribution in [0.4, 0.5) is 0 Å². The standard InChI is InChI=1S/C14H19NO8/c15-4-3-6-1-2-7(17)9(18)13(6)23-14-12(21)11(20)10(19)8(5-16)22-14/h1-3,7-14,16-21H,5H2/b6-3+. The minimum absolute atomic E-state index is 0.238. The van der Waals surface area contributed by atoms with Crippen LogP contribution < -0.4 is 0 Å². The second kappa shape index (κ2) is 7.48. The molecule has 1 fully saturated rings. The van der Waals surface area contributed by atoms with Gasteiger partial charge in [-0.15, -0.1) is 0 Å². The number of hydrogen-bond donors (Lipinski definition) is 6. The number of nitriles is 1. The van der Waals surface area contributed by atoms with E-state index in [1.165, 1.54) is 12.2 Å². The summed E-state index contributed by atoms with van der Waals surface area (Å²) in [6, 6.07) is 1.77. The molecule has 0 amide bonds. The van der Waals surface area contributed by atoms with Crippen molar-refractivity contribution in [1.29, 1.82) is 5.26 Å². The number of aliphatic hydroxyl groups is 6. The summed E-state index contributed by atoms with van der Waals surface area (Å²) in [5, 5.41) is 66.9. The number of rotatable bonds is 3. The highest BCUT2D eigenvalue weighted by Gasteiger charge is 2.46. The highest BCUT2D eigenvalue weighted by Crippen LogP contribution is 2.28. The topological polar surface area (TPSA) is 164 Å². The zero-order valence-corrected chi connectivity index (χ0v) is 12.0. The van der Waals surface area contributed by atoms with Crippen LogP contribution in [0.1, 0.15) is 0 Å². The van der Waals surface area contributed by atoms with E-state index in [0.717, 1.165) is 6.08 Å². The maximum absolute atomic E-state index is 10.0. The fraction of sp³-hybridized carbons (Fsp3) is 0.643. The third-order valence-electron chi connectivity index (χ3n) is 3.83. The third kappa shape index (κ3) is 3.60. The molecule has 1 aliphatic heterocycles. The van der Waals surface area contributed by atoms with Crippen molar-refractivity contribution in [3.63, 3.8) is 0 Å². The van der Waals surface area contributed by atoms with Gasteiger partial charge in [-0.05, 0) is 5.57 Å². The maximum atomic E-state index is 10.0. The molecule has 2 rings (SSSR count). The lowest BCUT2D eigenvalue weighted by Gasteiger charge is -2.42. The molecule has 0 bridgehead atoms. The molecule has 8 atom stereocenters. The van der Waals surface area contributed by atoms with E-state index in [0.29, 0.717) is 0 Å². The molecule has 8 unspecified atom stereocenters. The van der Waals surface area contributed by atoms with Gasteiger partial charge < -0.3 is 40.1 Å². The van der Waals surface area contributed by atoms with Gasteiger partial charge >= 0.3 is 0 Å². The molecule has 128 valence electrons. The Kier molecular flexibility index (Phi) is 5.85. The Balaban J connectivity index is 2.20. The van der Waals surface area contributed by atoms with Crippen molar-refractivity contribution in [2.75, 3.05) is 6.61 Å². The Morgan fingerprint density at radius 2 is 1.83 bits per heavy atom. The molecular weight excluding hydrogens is 310 g/mol. The molecule has 0 aromatic heterocycles. The summed E-state index contributed by atoms with van der Waals surface area (Å²) >= 11 is 0. The predicted octanol–water partition coefficient (Wildman–Crippen LogP) is -3.09. The van der Waals surface area contributed by atoms with Crippen LogP contribution >= 0.6 is 0 Å². The Hall–Kier alpha value is -1.35. The number of aliphatic hydroxyl groups excluding tert-OH is 6. The monoisotopic (exact) mass is 329 g/mol. The number of nitrogens with zero attached hydrogens (tertiary/aromatic N) is 1. The highest BCUT2D eigenvalue weighted by molar-refractivity contribution is 5.34. The van der Waals surface area contributed by atoms with Gasteiger partial charge in [-0.25, -0.2) is 0 Å². The van der Waals surface area contributed by atoms with Crippen LogP contribution in [0.3, 0.4) is 0 Å². The average molecular weight is 329 g/mol. The van der Waals surface area contributed by atoms with Crippen molar-refractivity contribution >= 4 is 0 Å². The van der Waals surface area contributed by atoms with Gasteiger partial charge in [-0.1, -0.05) is 12.2 Å². The largest absolute Gasteiger partial charge is 0.394 e. The van der Waals surface area contributed by atoms with E-state index in [1.54, 1.807) is 6.07 Å². The summed E-state index contributed by atoms with van der Waals surface area (Å²) < 4.78 is 10.6. The molecule has 0 aromatic rings. The lowest BCUT2D eigenvalue weighted by molar-refractivity contribution is -0.314. The van der Waals surface area contributed by atoms with Gasteiger partial charge in [-0.3, -0.25) is 0 Å². The van der Waals surface area contributed by atoms with E-state index in [-0.39, 0.29) is 5.57 Å². The smallest absolute Gasteiger partial charge is 0.187 e. The SMILES string of the molecule is N#C/C=C1\C=CC(O)C(O)C1OC1OC(CO)C(O)C(O)C1O. The van der Waals surface area contributed by atoms with Crippen LogP contribution in [-0.4, -0.2) is 86.3 Å². The van der Waals surface area contributed by atoms with Crippen molar-refractivity contribution in [1.82, 2.24) is 0 Å². The molecule has 1 heterocycles. The van der Waals surface area contributed by atoms with E-state index >= 15 is 0 Å². The van der Waals surface area contributed by atoms with Crippen LogP contribution in [0, 0.1) is 11.3 Å². The summed E-state index contributed by atoms with van der Waals surface area (Å²) in [6.07, 6.45) is -7.57. The van der Waals surface area contributed by atoms with Crippen molar-refractivity contribution in [3.8, 4) is 6.07 Å². The summed E-state index contributed by atoms with van der Waals surface area (Å²) in [7, 11) is 0. The van der Waals surface area contributed by atoms with Crippen LogP contribution in [0.5, 0.6) is 0 Å². The molecule has 1 saturated heterocycles. The number of ether oxygens (including phenoxy) is 2. The van der Waals surface area contributed by atoms with Crippen molar-refractivity contribution in [2.24, 2.45) is 0 Å². The van der Waals surface area contributed by atoms with Crippen LogP contribution in [0.25, 0.3) is 0 Å². The van der Waals surface area contributed by atoms with E-state index in [1.807, 2.05) is 0 Å². The van der Waals surface area contributed by atoms with Gasteiger partial charge in [-0.2, -0.15) is 5.26 Å². The third-order valence-corrected chi connectivity index (χ3v) is 3.83. The van der Waals surface area contributed by atoms with Gasteiger partial charge in [0.25, 0.3) is 0 Å². The Labute approximate surface area is 131 Å². The summed E-state index contributed by atoms with van der Waals surface area (Å²) in [4.78, 5) is 0. The molecule has 0 saturated carbocycles. The fourth-order valence-corrected chi connectivity index (χ4v) is 2.48. The fourth-order valence-electron chi connectivity index (χ4n) is 2.48. The van der Waals surface area contributed by atoms with Gasteiger partial charge in [0.15, 0.2) is 6.29 Å². The summed E-state index contributed by atoms with van der Waals surface area (Å²) in [6.45, 7) is -0.624. The average Bonchev–Trinajstić information content (AvgIpc) is 2.54. The molecule has 6 N–H and O–H groups in total. The first-order chi connectivity index (χ1) is 10.9. The van der Waals surface area contributed by atoms with Crippen molar-refractivity contribution < 1.29 is 40.1 Å². The second-order valence-electron chi connectivity index (χ2n) is 5.37. The molecule has 23 heavy (non-hydrogen) atoms. The number of hydrogen-bond acceptors (Lipinski definition) is 9. The first-order valence-electron chi connectivity index (χ1n) is 7.00. The highest BCUT2D eigenvalue weighted by atomic mass is 16.7. The van der Waals surface area contributed by atoms with Gasteiger partial charge in [0.1, 0.15) is 42.7 Å². The summed E-state index contributed by atoms with van der Waals surface area (Å²) in [5.74, 6) is 0. The van der Waals surface area contributed by atoms with E-state index in [2.05, 4.69) is 0 Å². The Morgan fingerprint density at radius 3 is 2.43 bits per heavy atom. The predicted molar refractivity (Wildman–Crippen MR) is 73.5 cm³/mol. The van der Waals surface area contributed by atoms with E-state index < -0.39 is 55.6 Å². The second-order valence-corrected chi connectivity index (χ2v) is 5.37. The zero-order chi connectivity index (χ0) is 17.1. The lowest BCUT2D eigenvalue weighted by atomic mass is 9.93. The first kappa shape index (κ1) is 18.0. The molecule has 0 radical (unpaired) electrons. The van der Waals surface area contributed by atoms with Crippen molar-refractivity contribution in [2.45, 2.75) is 49.0 Å². The Bertz CT molecular complexity index is 513. The molecular formula is C14H19NO8. The molecule has 9 nitrogen and oxygen atoms in total. The van der Waals surface area contributed by atoms with E-state index in [9.17, 15) is 25.5 Å². The maximum Gasteiger partial charge on any atom is 0.187 e. The van der Waals surface area contributed by atoms with Gasteiger partial charge in [0.2, 0.25) is 0 Å². The van der Waals surface area contributed by atoms with Crippen LogP contribution in [0.2, 0.25) is 0 Å². The minimum atomic E-state index is -1.65. The van der Waals surface area contributed by atoms with E-state index in [4.69, 9.17) is 19.8 Å². The normalized spacial score (nSPS) is 45.9. The lowest BCUT2D eigenvalue weighted by Crippen LogP contribution is -2.60. The molecule has 0 aromatic carbocycles. The Morgan fingerprint density at radius 1 is 1.13 bits per heavy atom. The van der Waals surface area contributed by atoms with Crippen LogP contribution in [0.15, 0.2) is 23.8 Å². The molecule has 0 spiro atoms.